The Labute approximate surface area is 114 Å². The Balaban J connectivity index is 3.37. The lowest BCUT2D eigenvalue weighted by Crippen LogP contribution is -2.55. The van der Waals surface area contributed by atoms with Crippen LogP contribution in [0.2, 0.25) is 0 Å². The van der Waals surface area contributed by atoms with Crippen molar-refractivity contribution in [2.75, 3.05) is 7.11 Å². The molecule has 0 unspecified atom stereocenters. The molecule has 0 atom stereocenters. The molecule has 0 saturated carbocycles. The van der Waals surface area contributed by atoms with Gasteiger partial charge in [-0.1, -0.05) is 29.4 Å². The SMILES string of the molecule is COC(c1ccc(CN=[N+]=[N-])cc1)(C(F)(F)F)C(F)(F)F. The van der Waals surface area contributed by atoms with Gasteiger partial charge >= 0.3 is 12.4 Å². The van der Waals surface area contributed by atoms with E-state index < -0.39 is 23.5 Å². The van der Waals surface area contributed by atoms with E-state index in [-0.39, 0.29) is 12.1 Å². The van der Waals surface area contributed by atoms with Gasteiger partial charge in [-0.15, -0.1) is 0 Å². The number of hydrogen-bond donors (Lipinski definition) is 0. The zero-order valence-electron chi connectivity index (χ0n) is 10.5. The van der Waals surface area contributed by atoms with Crippen molar-refractivity contribution in [2.24, 2.45) is 5.11 Å². The molecule has 1 rings (SSSR count). The van der Waals surface area contributed by atoms with Crippen molar-refractivity contribution in [1.82, 2.24) is 0 Å². The minimum absolute atomic E-state index is 0.186. The van der Waals surface area contributed by atoms with Crippen LogP contribution in [0.3, 0.4) is 0 Å². The van der Waals surface area contributed by atoms with Crippen molar-refractivity contribution >= 4 is 0 Å². The van der Waals surface area contributed by atoms with Gasteiger partial charge in [0.25, 0.3) is 5.60 Å². The first kappa shape index (κ1) is 17.1. The molecule has 0 radical (unpaired) electrons. The van der Waals surface area contributed by atoms with Crippen molar-refractivity contribution in [3.8, 4) is 0 Å². The Morgan fingerprint density at radius 3 is 1.86 bits per heavy atom. The molecule has 21 heavy (non-hydrogen) atoms. The van der Waals surface area contributed by atoms with Crippen molar-refractivity contribution in [1.29, 1.82) is 0 Å². The molecule has 0 aliphatic carbocycles. The third-order valence-electron chi connectivity index (χ3n) is 2.78. The second kappa shape index (κ2) is 5.82. The smallest absolute Gasteiger partial charge is 0.357 e. The Hall–Kier alpha value is -1.93. The molecule has 116 valence electrons. The second-order valence-corrected chi connectivity index (χ2v) is 3.97. The Kier molecular flexibility index (Phi) is 4.75. The number of azide groups is 1. The number of rotatable bonds is 4. The molecule has 1 aromatic rings. The van der Waals surface area contributed by atoms with Crippen LogP contribution in [0, 0.1) is 0 Å². The predicted molar refractivity (Wildman–Crippen MR) is 60.1 cm³/mol. The monoisotopic (exact) mass is 313 g/mol. The maximum Gasteiger partial charge on any atom is 0.430 e. The number of nitrogens with zero attached hydrogens (tertiary/aromatic N) is 3. The molecule has 0 aromatic heterocycles. The average molecular weight is 313 g/mol. The van der Waals surface area contributed by atoms with E-state index in [0.717, 1.165) is 12.1 Å². The lowest BCUT2D eigenvalue weighted by molar-refractivity contribution is -0.383. The van der Waals surface area contributed by atoms with Crippen molar-refractivity contribution < 1.29 is 31.1 Å². The molecular weight excluding hydrogens is 304 g/mol. The summed E-state index contributed by atoms with van der Waals surface area (Å²) in [7, 11) is 0.342. The topological polar surface area (TPSA) is 58.0 Å². The summed E-state index contributed by atoms with van der Waals surface area (Å²) >= 11 is 0. The minimum atomic E-state index is -5.69. The third-order valence-corrected chi connectivity index (χ3v) is 2.78. The summed E-state index contributed by atoms with van der Waals surface area (Å²) in [6, 6.07) is 3.31. The van der Waals surface area contributed by atoms with Crippen LogP contribution in [-0.2, 0) is 16.9 Å². The molecule has 4 nitrogen and oxygen atoms in total. The lowest BCUT2D eigenvalue weighted by Gasteiger charge is -2.36. The number of methoxy groups -OCH3 is 1. The Morgan fingerprint density at radius 2 is 1.52 bits per heavy atom. The molecule has 0 saturated heterocycles. The Bertz CT molecular complexity index is 516. The molecule has 0 spiro atoms. The normalized spacial score (nSPS) is 12.9. The van der Waals surface area contributed by atoms with Crippen LogP contribution in [0.1, 0.15) is 11.1 Å². The van der Waals surface area contributed by atoms with E-state index >= 15 is 0 Å². The first-order valence-electron chi connectivity index (χ1n) is 5.39. The van der Waals surface area contributed by atoms with Gasteiger partial charge in [-0.3, -0.25) is 0 Å². The van der Waals surface area contributed by atoms with E-state index in [1.165, 1.54) is 0 Å². The summed E-state index contributed by atoms with van der Waals surface area (Å²) in [5, 5.41) is 3.16. The van der Waals surface area contributed by atoms with Crippen LogP contribution in [0.5, 0.6) is 0 Å². The maximum atomic E-state index is 12.9. The highest BCUT2D eigenvalue weighted by molar-refractivity contribution is 5.30. The lowest BCUT2D eigenvalue weighted by atomic mass is 9.91. The van der Waals surface area contributed by atoms with Gasteiger partial charge in [0.2, 0.25) is 0 Å². The van der Waals surface area contributed by atoms with Crippen LogP contribution in [0.25, 0.3) is 10.4 Å². The maximum absolute atomic E-state index is 12.9. The van der Waals surface area contributed by atoms with Crippen molar-refractivity contribution in [3.63, 3.8) is 0 Å². The molecule has 0 aliphatic rings. The van der Waals surface area contributed by atoms with Crippen LogP contribution < -0.4 is 0 Å². The van der Waals surface area contributed by atoms with E-state index in [9.17, 15) is 26.3 Å². The number of alkyl halides is 6. The standard InChI is InChI=1S/C11H9F6N3O/c1-21-9(10(12,13)14,11(15,16)17)8-4-2-7(3-5-8)6-19-20-18/h2-5H,6H2,1H3. The fourth-order valence-corrected chi connectivity index (χ4v) is 1.80. The largest absolute Gasteiger partial charge is 0.430 e. The molecule has 10 heteroatoms. The van der Waals surface area contributed by atoms with Crippen molar-refractivity contribution in [2.45, 2.75) is 24.5 Å². The second-order valence-electron chi connectivity index (χ2n) is 3.97. The fraction of sp³-hybridized carbons (Fsp3) is 0.455. The van der Waals surface area contributed by atoms with E-state index in [4.69, 9.17) is 5.53 Å². The van der Waals surface area contributed by atoms with E-state index in [1.807, 2.05) is 0 Å². The summed E-state index contributed by atoms with van der Waals surface area (Å²) in [6.07, 6.45) is -11.4. The number of halogens is 6. The summed E-state index contributed by atoms with van der Waals surface area (Å²) in [5.74, 6) is 0. The van der Waals surface area contributed by atoms with Crippen LogP contribution in [-0.4, -0.2) is 19.5 Å². The highest BCUT2D eigenvalue weighted by atomic mass is 19.4. The zero-order valence-corrected chi connectivity index (χ0v) is 10.5. The number of ether oxygens (including phenoxy) is 1. The molecule has 0 amide bonds. The summed E-state index contributed by atoms with van der Waals surface area (Å²) in [4.78, 5) is 2.44. The molecule has 0 N–H and O–H groups in total. The molecule has 0 aliphatic heterocycles. The van der Waals surface area contributed by atoms with Crippen LogP contribution >= 0.6 is 0 Å². The number of benzene rings is 1. The van der Waals surface area contributed by atoms with Gasteiger partial charge in [-0.05, 0) is 11.1 Å². The molecular formula is C11H9F6N3O. The highest BCUT2D eigenvalue weighted by Gasteiger charge is 2.72. The van der Waals surface area contributed by atoms with E-state index in [1.54, 1.807) is 0 Å². The first-order valence-corrected chi connectivity index (χ1v) is 5.39. The minimum Gasteiger partial charge on any atom is -0.357 e. The molecule has 0 fully saturated rings. The van der Waals surface area contributed by atoms with Gasteiger partial charge in [-0.25, -0.2) is 0 Å². The third kappa shape index (κ3) is 3.06. The predicted octanol–water partition coefficient (Wildman–Crippen LogP) is 4.46. The fourth-order valence-electron chi connectivity index (χ4n) is 1.80. The molecule has 1 aromatic carbocycles. The zero-order chi connectivity index (χ0) is 16.3. The van der Waals surface area contributed by atoms with Crippen LogP contribution in [0.15, 0.2) is 29.4 Å². The highest BCUT2D eigenvalue weighted by Crippen LogP contribution is 2.52. The van der Waals surface area contributed by atoms with Gasteiger partial charge in [0, 0.05) is 17.6 Å². The van der Waals surface area contributed by atoms with Crippen LogP contribution in [0.4, 0.5) is 26.3 Å². The average Bonchev–Trinajstić information content (AvgIpc) is 2.35. The van der Waals surface area contributed by atoms with Gasteiger partial charge < -0.3 is 4.74 Å². The van der Waals surface area contributed by atoms with Gasteiger partial charge in [0.15, 0.2) is 0 Å². The first-order chi connectivity index (χ1) is 9.60. The Morgan fingerprint density at radius 1 is 1.05 bits per heavy atom. The van der Waals surface area contributed by atoms with Gasteiger partial charge in [0.1, 0.15) is 0 Å². The molecule has 0 heterocycles. The summed E-state index contributed by atoms with van der Waals surface area (Å²) in [6.45, 7) is -0.186. The van der Waals surface area contributed by atoms with Gasteiger partial charge in [0.05, 0.1) is 6.54 Å². The molecule has 0 bridgehead atoms. The van der Waals surface area contributed by atoms with E-state index in [0.29, 0.717) is 19.2 Å². The number of hydrogen-bond acceptors (Lipinski definition) is 2. The van der Waals surface area contributed by atoms with E-state index in [2.05, 4.69) is 14.8 Å². The summed E-state index contributed by atoms with van der Waals surface area (Å²) in [5.41, 5.74) is 2.87. The summed E-state index contributed by atoms with van der Waals surface area (Å²) < 4.78 is 81.5. The van der Waals surface area contributed by atoms with Gasteiger partial charge in [-0.2, -0.15) is 26.3 Å². The quantitative estimate of drug-likeness (QED) is 0.350. The van der Waals surface area contributed by atoms with Crippen molar-refractivity contribution in [3.05, 3.63) is 45.8 Å².